The highest BCUT2D eigenvalue weighted by Gasteiger charge is 2.39. The van der Waals surface area contributed by atoms with E-state index >= 15 is 0 Å². The summed E-state index contributed by atoms with van der Waals surface area (Å²) in [6.07, 6.45) is -7.22. The maximum absolute atomic E-state index is 12.6. The second-order valence-corrected chi connectivity index (χ2v) is 3.89. The lowest BCUT2D eigenvalue weighted by Gasteiger charge is -2.16. The molecule has 0 radical (unpaired) electrons. The summed E-state index contributed by atoms with van der Waals surface area (Å²) in [6, 6.07) is 0. The second kappa shape index (κ2) is 4.78. The fourth-order valence-corrected chi connectivity index (χ4v) is 1.88. The number of rotatable bonds is 2. The molecule has 8 heteroatoms. The molecule has 1 rings (SSSR count). The van der Waals surface area contributed by atoms with Gasteiger partial charge in [-0.05, 0) is 28.2 Å². The molecule has 0 saturated heterocycles. The fraction of sp³-hybridized carbons (Fsp3) is 0.375. The number of pyridine rings is 1. The van der Waals surface area contributed by atoms with Crippen LogP contribution in [-0.4, -0.2) is 4.98 Å². The first kappa shape index (κ1) is 13.6. The molecule has 0 aliphatic heterocycles. The minimum Gasteiger partial charge on any atom is -0.326 e. The average Bonchev–Trinajstić information content (AvgIpc) is 2.15. The summed E-state index contributed by atoms with van der Waals surface area (Å²) in [5, 5.41) is 0. The minimum absolute atomic E-state index is 0.364. The van der Waals surface area contributed by atoms with Crippen molar-refractivity contribution in [2.75, 3.05) is 0 Å². The van der Waals surface area contributed by atoms with Gasteiger partial charge < -0.3 is 5.73 Å². The van der Waals surface area contributed by atoms with Gasteiger partial charge in [-0.25, -0.2) is 13.8 Å². The second-order valence-electron chi connectivity index (χ2n) is 2.87. The van der Waals surface area contributed by atoms with E-state index in [0.717, 1.165) is 6.20 Å². The van der Waals surface area contributed by atoms with E-state index in [1.165, 1.54) is 22.6 Å². The van der Waals surface area contributed by atoms with Gasteiger partial charge in [0.05, 0.1) is 11.1 Å². The molecule has 2 nitrogen and oxygen atoms in total. The lowest BCUT2D eigenvalue weighted by molar-refractivity contribution is -0.140. The lowest BCUT2D eigenvalue weighted by Crippen LogP contribution is -2.17. The standard InChI is InChI=1S/C8H6F5IN2/c9-6(10)4-5(8(11,12)13)3(1-15)2-16-7(4)14/h2,6H,1,15H2. The number of alkyl halides is 5. The van der Waals surface area contributed by atoms with E-state index in [1.807, 2.05) is 0 Å². The first-order chi connectivity index (χ1) is 7.29. The van der Waals surface area contributed by atoms with Gasteiger partial charge in [0.2, 0.25) is 0 Å². The Hall–Kier alpha value is -0.510. The molecule has 0 saturated carbocycles. The summed E-state index contributed by atoms with van der Waals surface area (Å²) >= 11 is 1.34. The Morgan fingerprint density at radius 3 is 2.31 bits per heavy atom. The fourth-order valence-electron chi connectivity index (χ4n) is 1.23. The van der Waals surface area contributed by atoms with Crippen LogP contribution in [0, 0.1) is 3.70 Å². The molecular formula is C8H6F5IN2. The van der Waals surface area contributed by atoms with E-state index in [1.54, 1.807) is 0 Å². The van der Waals surface area contributed by atoms with Crippen molar-refractivity contribution >= 4 is 22.6 Å². The van der Waals surface area contributed by atoms with Crippen molar-refractivity contribution in [3.05, 3.63) is 26.6 Å². The highest BCUT2D eigenvalue weighted by Crippen LogP contribution is 2.39. The largest absolute Gasteiger partial charge is 0.417 e. The Morgan fingerprint density at radius 1 is 1.38 bits per heavy atom. The van der Waals surface area contributed by atoms with Crippen molar-refractivity contribution < 1.29 is 22.0 Å². The molecule has 1 heterocycles. The summed E-state index contributed by atoms with van der Waals surface area (Å²) in [7, 11) is 0. The maximum atomic E-state index is 12.6. The summed E-state index contributed by atoms with van der Waals surface area (Å²) in [6.45, 7) is -0.488. The first-order valence-corrected chi connectivity index (χ1v) is 5.09. The molecule has 0 atom stereocenters. The SMILES string of the molecule is NCc1cnc(I)c(C(F)F)c1C(F)(F)F. The maximum Gasteiger partial charge on any atom is 0.417 e. The molecule has 0 bridgehead atoms. The van der Waals surface area contributed by atoms with Crippen LogP contribution in [0.2, 0.25) is 0 Å². The van der Waals surface area contributed by atoms with E-state index in [0.29, 0.717) is 0 Å². The highest BCUT2D eigenvalue weighted by molar-refractivity contribution is 14.1. The third kappa shape index (κ3) is 2.59. The summed E-state index contributed by atoms with van der Waals surface area (Å²) in [5.74, 6) is 0. The molecule has 0 aromatic carbocycles. The molecule has 0 aliphatic rings. The predicted molar refractivity (Wildman–Crippen MR) is 54.8 cm³/mol. The van der Waals surface area contributed by atoms with Crippen molar-refractivity contribution in [1.82, 2.24) is 4.98 Å². The molecule has 2 N–H and O–H groups in total. The van der Waals surface area contributed by atoms with Gasteiger partial charge in [0.15, 0.2) is 0 Å². The van der Waals surface area contributed by atoms with Crippen molar-refractivity contribution in [2.45, 2.75) is 19.1 Å². The van der Waals surface area contributed by atoms with Crippen LogP contribution >= 0.6 is 22.6 Å². The zero-order valence-electron chi connectivity index (χ0n) is 7.65. The van der Waals surface area contributed by atoms with Gasteiger partial charge in [-0.3, -0.25) is 0 Å². The predicted octanol–water partition coefficient (Wildman–Crippen LogP) is 3.10. The van der Waals surface area contributed by atoms with Crippen LogP contribution in [0.25, 0.3) is 0 Å². The number of nitrogens with zero attached hydrogens (tertiary/aromatic N) is 1. The summed E-state index contributed by atoms with van der Waals surface area (Å²) < 4.78 is 62.6. The number of aromatic nitrogens is 1. The average molecular weight is 352 g/mol. The van der Waals surface area contributed by atoms with Crippen molar-refractivity contribution in [3.8, 4) is 0 Å². The van der Waals surface area contributed by atoms with Gasteiger partial charge in [0.1, 0.15) is 3.70 Å². The lowest BCUT2D eigenvalue weighted by atomic mass is 10.0. The van der Waals surface area contributed by atoms with Gasteiger partial charge in [-0.1, -0.05) is 0 Å². The van der Waals surface area contributed by atoms with E-state index < -0.39 is 35.8 Å². The first-order valence-electron chi connectivity index (χ1n) is 4.01. The van der Waals surface area contributed by atoms with Crippen LogP contribution in [0.15, 0.2) is 6.20 Å². The van der Waals surface area contributed by atoms with E-state index in [2.05, 4.69) is 4.98 Å². The number of nitrogens with two attached hydrogens (primary N) is 1. The van der Waals surface area contributed by atoms with Gasteiger partial charge in [0, 0.05) is 12.7 Å². The normalized spacial score (nSPS) is 12.2. The Balaban J connectivity index is 3.56. The third-order valence-electron chi connectivity index (χ3n) is 1.87. The minimum atomic E-state index is -4.86. The molecule has 0 spiro atoms. The molecule has 0 unspecified atom stereocenters. The zero-order chi connectivity index (χ0) is 12.5. The van der Waals surface area contributed by atoms with E-state index in [-0.39, 0.29) is 3.70 Å². The molecule has 0 amide bonds. The van der Waals surface area contributed by atoms with Gasteiger partial charge in [-0.2, -0.15) is 13.2 Å². The van der Waals surface area contributed by atoms with Crippen molar-refractivity contribution in [3.63, 3.8) is 0 Å². The molecule has 1 aromatic rings. The van der Waals surface area contributed by atoms with Crippen molar-refractivity contribution in [1.29, 1.82) is 0 Å². The highest BCUT2D eigenvalue weighted by atomic mass is 127. The molecule has 16 heavy (non-hydrogen) atoms. The van der Waals surface area contributed by atoms with Crippen LogP contribution in [0.4, 0.5) is 22.0 Å². The van der Waals surface area contributed by atoms with Crippen LogP contribution in [0.5, 0.6) is 0 Å². The molecule has 0 fully saturated rings. The Kier molecular flexibility index (Phi) is 4.05. The smallest absolute Gasteiger partial charge is 0.326 e. The molecule has 90 valence electrons. The Bertz CT molecular complexity index is 391. The zero-order valence-corrected chi connectivity index (χ0v) is 9.81. The molecule has 1 aromatic heterocycles. The van der Waals surface area contributed by atoms with Crippen LogP contribution in [-0.2, 0) is 12.7 Å². The van der Waals surface area contributed by atoms with Crippen LogP contribution in [0.1, 0.15) is 23.1 Å². The Morgan fingerprint density at radius 2 is 1.94 bits per heavy atom. The van der Waals surface area contributed by atoms with Gasteiger partial charge in [0.25, 0.3) is 6.43 Å². The van der Waals surface area contributed by atoms with Gasteiger partial charge >= 0.3 is 6.18 Å². The molecular weight excluding hydrogens is 346 g/mol. The Labute approximate surface area is 101 Å². The molecule has 0 aliphatic carbocycles. The summed E-state index contributed by atoms with van der Waals surface area (Å²) in [4.78, 5) is 3.47. The monoisotopic (exact) mass is 352 g/mol. The van der Waals surface area contributed by atoms with E-state index in [9.17, 15) is 22.0 Å². The third-order valence-corrected chi connectivity index (χ3v) is 2.73. The van der Waals surface area contributed by atoms with Gasteiger partial charge in [-0.15, -0.1) is 0 Å². The van der Waals surface area contributed by atoms with Crippen molar-refractivity contribution in [2.24, 2.45) is 5.73 Å². The topological polar surface area (TPSA) is 38.9 Å². The van der Waals surface area contributed by atoms with Crippen LogP contribution < -0.4 is 5.73 Å². The number of hydrogen-bond acceptors (Lipinski definition) is 2. The quantitative estimate of drug-likeness (QED) is 0.505. The number of hydrogen-bond donors (Lipinski definition) is 1. The summed E-state index contributed by atoms with van der Waals surface area (Å²) in [5.41, 5.74) is 2.18. The number of halogens is 6. The van der Waals surface area contributed by atoms with Crippen LogP contribution in [0.3, 0.4) is 0 Å². The van der Waals surface area contributed by atoms with E-state index in [4.69, 9.17) is 5.73 Å².